The number of nitrogens with zero attached hydrogens (tertiary/aromatic N) is 1. The second-order valence-corrected chi connectivity index (χ2v) is 8.21. The lowest BCUT2D eigenvalue weighted by molar-refractivity contribution is 0.208. The van der Waals surface area contributed by atoms with Gasteiger partial charge in [0.25, 0.3) is 0 Å². The highest BCUT2D eigenvalue weighted by Gasteiger charge is 2.32. The van der Waals surface area contributed by atoms with Crippen molar-refractivity contribution in [2.45, 2.75) is 32.1 Å². The molecule has 1 aromatic rings. The Hall–Kier alpha value is -1.76. The SMILES string of the molecule is CCOc1cc(C)ccc1CNC(=O)N1CC[C@@H](S(C)(=O)=O)C1. The lowest BCUT2D eigenvalue weighted by Gasteiger charge is -2.18. The second-order valence-electron chi connectivity index (χ2n) is 5.89. The number of carbonyl (C=O) groups excluding carboxylic acids is 1. The van der Waals surface area contributed by atoms with Crippen LogP contribution in [0.5, 0.6) is 5.75 Å². The smallest absolute Gasteiger partial charge is 0.317 e. The highest BCUT2D eigenvalue weighted by molar-refractivity contribution is 7.91. The quantitative estimate of drug-likeness (QED) is 0.885. The molecule has 0 spiro atoms. The molecule has 6 nitrogen and oxygen atoms in total. The first-order valence-electron chi connectivity index (χ1n) is 7.75. The summed E-state index contributed by atoms with van der Waals surface area (Å²) in [5, 5.41) is 2.39. The van der Waals surface area contributed by atoms with E-state index < -0.39 is 15.1 Å². The number of amides is 2. The summed E-state index contributed by atoms with van der Waals surface area (Å²) < 4.78 is 28.7. The van der Waals surface area contributed by atoms with Gasteiger partial charge in [0.05, 0.1) is 11.9 Å². The van der Waals surface area contributed by atoms with Crippen molar-refractivity contribution in [1.29, 1.82) is 0 Å². The van der Waals surface area contributed by atoms with E-state index in [9.17, 15) is 13.2 Å². The van der Waals surface area contributed by atoms with Crippen LogP contribution in [0.1, 0.15) is 24.5 Å². The van der Waals surface area contributed by atoms with Crippen LogP contribution in [0.25, 0.3) is 0 Å². The normalized spacial score (nSPS) is 18.0. The molecule has 128 valence electrons. The maximum absolute atomic E-state index is 12.2. The van der Waals surface area contributed by atoms with Gasteiger partial charge in [-0.05, 0) is 31.9 Å². The average molecular weight is 340 g/mol. The molecular formula is C16H24N2O4S. The number of nitrogens with one attached hydrogen (secondary N) is 1. The van der Waals surface area contributed by atoms with Gasteiger partial charge in [0, 0.05) is 31.5 Å². The number of ether oxygens (including phenoxy) is 1. The molecule has 1 atom stereocenters. The van der Waals surface area contributed by atoms with Crippen LogP contribution in [-0.2, 0) is 16.4 Å². The van der Waals surface area contributed by atoms with Crippen LogP contribution in [0, 0.1) is 6.92 Å². The lowest BCUT2D eigenvalue weighted by atomic mass is 10.1. The van der Waals surface area contributed by atoms with Crippen LogP contribution in [0.4, 0.5) is 4.79 Å². The number of urea groups is 1. The van der Waals surface area contributed by atoms with Crippen molar-refractivity contribution >= 4 is 15.9 Å². The number of rotatable bonds is 5. The minimum absolute atomic E-state index is 0.237. The van der Waals surface area contributed by atoms with Crippen molar-refractivity contribution in [3.63, 3.8) is 0 Å². The standard InChI is InChI=1S/C16H24N2O4S/c1-4-22-15-9-12(2)5-6-13(15)10-17-16(19)18-8-7-14(11-18)23(3,20)21/h5-6,9,14H,4,7-8,10-11H2,1-3H3,(H,17,19)/t14-/m1/s1. The molecule has 1 fully saturated rings. The van der Waals surface area contributed by atoms with Crippen LogP contribution in [0.3, 0.4) is 0 Å². The van der Waals surface area contributed by atoms with E-state index in [0.29, 0.717) is 26.1 Å². The molecule has 1 aliphatic rings. The van der Waals surface area contributed by atoms with Gasteiger partial charge in [-0.25, -0.2) is 13.2 Å². The lowest BCUT2D eigenvalue weighted by Crippen LogP contribution is -2.39. The summed E-state index contributed by atoms with van der Waals surface area (Å²) in [4.78, 5) is 13.8. The van der Waals surface area contributed by atoms with Crippen molar-refractivity contribution in [1.82, 2.24) is 10.2 Å². The van der Waals surface area contributed by atoms with Gasteiger partial charge in [0.1, 0.15) is 5.75 Å². The van der Waals surface area contributed by atoms with Crippen LogP contribution in [0.2, 0.25) is 0 Å². The first-order chi connectivity index (χ1) is 10.8. The van der Waals surface area contributed by atoms with Gasteiger partial charge < -0.3 is 15.0 Å². The minimum Gasteiger partial charge on any atom is -0.494 e. The molecule has 0 bridgehead atoms. The van der Waals surface area contributed by atoms with Crippen molar-refractivity contribution < 1.29 is 17.9 Å². The van der Waals surface area contributed by atoms with Gasteiger partial charge in [-0.3, -0.25) is 0 Å². The van der Waals surface area contributed by atoms with Gasteiger partial charge in [0.2, 0.25) is 0 Å². The molecule has 1 N–H and O–H groups in total. The summed E-state index contributed by atoms with van der Waals surface area (Å²) in [6.07, 6.45) is 1.72. The molecule has 2 amide bonds. The number of likely N-dealkylation sites (tertiary alicyclic amines) is 1. The summed E-state index contributed by atoms with van der Waals surface area (Å²) in [7, 11) is -3.10. The molecule has 0 radical (unpaired) electrons. The molecule has 0 aromatic heterocycles. The molecule has 0 saturated carbocycles. The summed E-state index contributed by atoms with van der Waals surface area (Å²) >= 11 is 0. The fraction of sp³-hybridized carbons (Fsp3) is 0.562. The first kappa shape index (κ1) is 17.6. The Kier molecular flexibility index (Phi) is 5.51. The van der Waals surface area contributed by atoms with E-state index in [-0.39, 0.29) is 12.6 Å². The third-order valence-electron chi connectivity index (χ3n) is 3.99. The van der Waals surface area contributed by atoms with Crippen molar-refractivity contribution in [3.05, 3.63) is 29.3 Å². The highest BCUT2D eigenvalue weighted by Crippen LogP contribution is 2.21. The molecule has 2 rings (SSSR count). The van der Waals surface area contributed by atoms with Crippen LogP contribution >= 0.6 is 0 Å². The first-order valence-corrected chi connectivity index (χ1v) is 9.70. The molecule has 1 saturated heterocycles. The van der Waals surface area contributed by atoms with Crippen molar-refractivity contribution in [2.24, 2.45) is 0 Å². The number of hydrogen-bond acceptors (Lipinski definition) is 4. The largest absolute Gasteiger partial charge is 0.494 e. The van der Waals surface area contributed by atoms with Gasteiger partial charge in [-0.1, -0.05) is 12.1 Å². The number of aryl methyl sites for hydroxylation is 1. The van der Waals surface area contributed by atoms with E-state index in [4.69, 9.17) is 4.74 Å². The number of benzene rings is 1. The summed E-state index contributed by atoms with van der Waals surface area (Å²) in [5.41, 5.74) is 2.00. The van der Waals surface area contributed by atoms with Crippen molar-refractivity contribution in [2.75, 3.05) is 26.0 Å². The van der Waals surface area contributed by atoms with E-state index in [2.05, 4.69) is 5.32 Å². The predicted octanol–water partition coefficient (Wildman–Crippen LogP) is 1.72. The molecular weight excluding hydrogens is 316 g/mol. The zero-order valence-corrected chi connectivity index (χ0v) is 14.6. The number of carbonyl (C=O) groups is 1. The molecule has 23 heavy (non-hydrogen) atoms. The topological polar surface area (TPSA) is 75.7 Å². The van der Waals surface area contributed by atoms with Crippen LogP contribution in [-0.4, -0.2) is 50.6 Å². The maximum atomic E-state index is 12.2. The Labute approximate surface area is 137 Å². The molecule has 7 heteroatoms. The second kappa shape index (κ2) is 7.21. The van der Waals surface area contributed by atoms with E-state index in [1.54, 1.807) is 4.90 Å². The van der Waals surface area contributed by atoms with E-state index in [1.807, 2.05) is 32.0 Å². The average Bonchev–Trinajstić information content (AvgIpc) is 2.96. The van der Waals surface area contributed by atoms with Crippen molar-refractivity contribution in [3.8, 4) is 5.75 Å². The zero-order chi connectivity index (χ0) is 17.0. The molecule has 0 unspecified atom stereocenters. The van der Waals surface area contributed by atoms with E-state index in [0.717, 1.165) is 16.9 Å². The van der Waals surface area contributed by atoms with Gasteiger partial charge in [-0.2, -0.15) is 0 Å². The monoisotopic (exact) mass is 340 g/mol. The minimum atomic E-state index is -3.10. The predicted molar refractivity (Wildman–Crippen MR) is 89.4 cm³/mol. The molecule has 1 aliphatic heterocycles. The molecule has 1 aromatic carbocycles. The van der Waals surface area contributed by atoms with Crippen LogP contribution in [0.15, 0.2) is 18.2 Å². The summed E-state index contributed by atoms with van der Waals surface area (Å²) in [6, 6.07) is 5.61. The molecule has 1 heterocycles. The van der Waals surface area contributed by atoms with Gasteiger partial charge >= 0.3 is 6.03 Å². The Balaban J connectivity index is 1.95. The van der Waals surface area contributed by atoms with Crippen LogP contribution < -0.4 is 10.1 Å². The summed E-state index contributed by atoms with van der Waals surface area (Å²) in [6.45, 7) is 5.55. The molecule has 0 aliphatic carbocycles. The van der Waals surface area contributed by atoms with E-state index in [1.165, 1.54) is 6.26 Å². The Morgan fingerprint density at radius 3 is 2.78 bits per heavy atom. The third kappa shape index (κ3) is 4.60. The number of hydrogen-bond donors (Lipinski definition) is 1. The Bertz CT molecular complexity index is 673. The third-order valence-corrected chi connectivity index (χ3v) is 5.59. The van der Waals surface area contributed by atoms with E-state index >= 15 is 0 Å². The fourth-order valence-electron chi connectivity index (χ4n) is 2.64. The fourth-order valence-corrected chi connectivity index (χ4v) is 3.63. The number of sulfone groups is 1. The zero-order valence-electron chi connectivity index (χ0n) is 13.8. The maximum Gasteiger partial charge on any atom is 0.317 e. The van der Waals surface area contributed by atoms with Gasteiger partial charge in [-0.15, -0.1) is 0 Å². The summed E-state index contributed by atoms with van der Waals surface area (Å²) in [5.74, 6) is 0.767. The Morgan fingerprint density at radius 1 is 1.43 bits per heavy atom. The Morgan fingerprint density at radius 2 is 2.17 bits per heavy atom. The van der Waals surface area contributed by atoms with Gasteiger partial charge in [0.15, 0.2) is 9.84 Å². The highest BCUT2D eigenvalue weighted by atomic mass is 32.2.